The topological polar surface area (TPSA) is 34.1 Å². The minimum Gasteiger partial charge on any atom is -0.229 e. The zero-order valence-corrected chi connectivity index (χ0v) is 8.69. The third kappa shape index (κ3) is 2.38. The van der Waals surface area contributed by atoms with Crippen molar-refractivity contribution in [3.05, 3.63) is 0 Å². The normalized spacial score (nSPS) is 26.5. The van der Waals surface area contributed by atoms with Crippen LogP contribution in [0.5, 0.6) is 0 Å². The van der Waals surface area contributed by atoms with Crippen LogP contribution in [-0.4, -0.2) is 24.4 Å². The van der Waals surface area contributed by atoms with Crippen LogP contribution in [0.25, 0.3) is 0 Å². The summed E-state index contributed by atoms with van der Waals surface area (Å²) in [6.45, 7) is 0. The van der Waals surface area contributed by atoms with Crippen LogP contribution in [0, 0.1) is 5.92 Å². The van der Waals surface area contributed by atoms with Crippen LogP contribution < -0.4 is 0 Å². The number of rotatable bonds is 1. The molecule has 0 aliphatic carbocycles. The Morgan fingerprint density at radius 2 is 1.80 bits per heavy atom. The van der Waals surface area contributed by atoms with Crippen LogP contribution in [0.2, 0.25) is 0 Å². The lowest BCUT2D eigenvalue weighted by Crippen LogP contribution is -2.23. The molecule has 4 heteroatoms. The van der Waals surface area contributed by atoms with Gasteiger partial charge in [0, 0.05) is 4.43 Å². The molecule has 0 spiro atoms. The molecule has 0 aromatic rings. The second kappa shape index (κ2) is 3.38. The van der Waals surface area contributed by atoms with Crippen molar-refractivity contribution in [2.24, 2.45) is 5.92 Å². The van der Waals surface area contributed by atoms with E-state index in [0.717, 1.165) is 17.3 Å². The van der Waals surface area contributed by atoms with E-state index in [1.807, 2.05) is 0 Å². The Balaban J connectivity index is 2.46. The van der Waals surface area contributed by atoms with E-state index < -0.39 is 9.84 Å². The lowest BCUT2D eigenvalue weighted by Gasteiger charge is -2.18. The molecule has 2 nitrogen and oxygen atoms in total. The van der Waals surface area contributed by atoms with E-state index in [0.29, 0.717) is 17.4 Å². The quantitative estimate of drug-likeness (QED) is 0.532. The van der Waals surface area contributed by atoms with E-state index in [4.69, 9.17) is 0 Å². The van der Waals surface area contributed by atoms with Gasteiger partial charge in [-0.25, -0.2) is 8.42 Å². The third-order valence-corrected chi connectivity index (χ3v) is 4.85. The Kier molecular flexibility index (Phi) is 2.97. The minimum absolute atomic E-state index is 0.417. The first-order chi connectivity index (χ1) is 4.64. The number of sulfone groups is 1. The second-order valence-corrected chi connectivity index (χ2v) is 5.93. The number of halogens is 1. The average molecular weight is 274 g/mol. The van der Waals surface area contributed by atoms with Crippen LogP contribution in [-0.2, 0) is 9.84 Å². The molecule has 1 aliphatic heterocycles. The zero-order valence-electron chi connectivity index (χ0n) is 5.72. The van der Waals surface area contributed by atoms with Crippen molar-refractivity contribution in [2.75, 3.05) is 15.9 Å². The SMILES string of the molecule is O=S1(=O)CCC(CI)CC1. The molecular weight excluding hydrogens is 263 g/mol. The largest absolute Gasteiger partial charge is 0.229 e. The summed E-state index contributed by atoms with van der Waals surface area (Å²) in [7, 11) is -2.63. The predicted octanol–water partition coefficient (Wildman–Crippen LogP) is 1.25. The first-order valence-corrected chi connectivity index (χ1v) is 6.75. The molecule has 0 saturated carbocycles. The molecule has 60 valence electrons. The van der Waals surface area contributed by atoms with E-state index in [9.17, 15) is 8.42 Å². The molecule has 1 fully saturated rings. The second-order valence-electron chi connectivity index (χ2n) is 2.75. The molecule has 0 atom stereocenters. The van der Waals surface area contributed by atoms with Crippen molar-refractivity contribution in [3.63, 3.8) is 0 Å². The molecule has 0 aromatic heterocycles. The molecule has 0 radical (unpaired) electrons. The van der Waals surface area contributed by atoms with Crippen LogP contribution >= 0.6 is 22.6 Å². The molecule has 1 saturated heterocycles. The summed E-state index contributed by atoms with van der Waals surface area (Å²) >= 11 is 2.32. The fourth-order valence-electron chi connectivity index (χ4n) is 1.09. The van der Waals surface area contributed by atoms with Gasteiger partial charge in [-0.2, -0.15) is 0 Å². The number of hydrogen-bond acceptors (Lipinski definition) is 2. The molecule has 0 unspecified atom stereocenters. The van der Waals surface area contributed by atoms with Gasteiger partial charge in [-0.3, -0.25) is 0 Å². The van der Waals surface area contributed by atoms with Crippen LogP contribution in [0.1, 0.15) is 12.8 Å². The molecule has 0 N–H and O–H groups in total. The highest BCUT2D eigenvalue weighted by molar-refractivity contribution is 14.1. The van der Waals surface area contributed by atoms with Crippen molar-refractivity contribution in [1.82, 2.24) is 0 Å². The van der Waals surface area contributed by atoms with E-state index in [2.05, 4.69) is 22.6 Å². The van der Waals surface area contributed by atoms with Gasteiger partial charge < -0.3 is 0 Å². The Morgan fingerprint density at radius 3 is 2.20 bits per heavy atom. The summed E-state index contributed by atoms with van der Waals surface area (Å²) in [5, 5.41) is 0. The third-order valence-electron chi connectivity index (χ3n) is 1.89. The molecule has 0 bridgehead atoms. The van der Waals surface area contributed by atoms with Crippen molar-refractivity contribution in [1.29, 1.82) is 0 Å². The van der Waals surface area contributed by atoms with Gasteiger partial charge in [-0.15, -0.1) is 0 Å². The Hall–Kier alpha value is 0.680. The number of alkyl halides is 1. The standard InChI is InChI=1S/C6H11IO2S/c7-5-6-1-3-10(8,9)4-2-6/h6H,1-5H2. The van der Waals surface area contributed by atoms with Gasteiger partial charge in [0.25, 0.3) is 0 Å². The molecule has 10 heavy (non-hydrogen) atoms. The van der Waals surface area contributed by atoms with Gasteiger partial charge in [-0.1, -0.05) is 22.6 Å². The molecule has 0 amide bonds. The monoisotopic (exact) mass is 274 g/mol. The first kappa shape index (κ1) is 8.77. The van der Waals surface area contributed by atoms with Gasteiger partial charge in [0.15, 0.2) is 0 Å². The Labute approximate surface area is 75.4 Å². The van der Waals surface area contributed by atoms with Gasteiger partial charge >= 0.3 is 0 Å². The van der Waals surface area contributed by atoms with Crippen molar-refractivity contribution < 1.29 is 8.42 Å². The van der Waals surface area contributed by atoms with Gasteiger partial charge in [0.2, 0.25) is 0 Å². The van der Waals surface area contributed by atoms with Gasteiger partial charge in [-0.05, 0) is 18.8 Å². The van der Waals surface area contributed by atoms with E-state index in [1.54, 1.807) is 0 Å². The maximum Gasteiger partial charge on any atom is 0.150 e. The molecule has 0 aromatic carbocycles. The molecular formula is C6H11IO2S. The minimum atomic E-state index is -2.63. The summed E-state index contributed by atoms with van der Waals surface area (Å²) in [5.41, 5.74) is 0. The maximum absolute atomic E-state index is 10.9. The van der Waals surface area contributed by atoms with E-state index in [1.165, 1.54) is 0 Å². The van der Waals surface area contributed by atoms with Crippen molar-refractivity contribution in [3.8, 4) is 0 Å². The van der Waals surface area contributed by atoms with E-state index in [-0.39, 0.29) is 0 Å². The number of hydrogen-bond donors (Lipinski definition) is 0. The summed E-state index contributed by atoms with van der Waals surface area (Å²) in [6.07, 6.45) is 1.76. The van der Waals surface area contributed by atoms with Crippen molar-refractivity contribution >= 4 is 32.4 Å². The predicted molar refractivity (Wildman–Crippen MR) is 50.3 cm³/mol. The van der Waals surface area contributed by atoms with Crippen LogP contribution in [0.4, 0.5) is 0 Å². The van der Waals surface area contributed by atoms with Gasteiger partial charge in [0.1, 0.15) is 9.84 Å². The maximum atomic E-state index is 10.9. The smallest absolute Gasteiger partial charge is 0.150 e. The summed E-state index contributed by atoms with van der Waals surface area (Å²) in [6, 6.07) is 0. The highest BCUT2D eigenvalue weighted by atomic mass is 127. The highest BCUT2D eigenvalue weighted by Crippen LogP contribution is 2.20. The Morgan fingerprint density at radius 1 is 1.30 bits per heavy atom. The Bertz CT molecular complexity index is 184. The lowest BCUT2D eigenvalue weighted by atomic mass is 10.1. The fraction of sp³-hybridized carbons (Fsp3) is 1.00. The van der Waals surface area contributed by atoms with Crippen molar-refractivity contribution in [2.45, 2.75) is 12.8 Å². The molecule has 1 aliphatic rings. The lowest BCUT2D eigenvalue weighted by molar-refractivity contribution is 0.511. The fourth-order valence-corrected chi connectivity index (χ4v) is 3.56. The van der Waals surface area contributed by atoms with Crippen LogP contribution in [0.3, 0.4) is 0 Å². The van der Waals surface area contributed by atoms with E-state index >= 15 is 0 Å². The first-order valence-electron chi connectivity index (χ1n) is 3.40. The van der Waals surface area contributed by atoms with Gasteiger partial charge in [0.05, 0.1) is 11.5 Å². The van der Waals surface area contributed by atoms with Crippen LogP contribution in [0.15, 0.2) is 0 Å². The summed E-state index contributed by atoms with van der Waals surface area (Å²) in [4.78, 5) is 0. The molecule has 1 heterocycles. The average Bonchev–Trinajstić information content (AvgIpc) is 1.88. The molecule has 1 rings (SSSR count). The highest BCUT2D eigenvalue weighted by Gasteiger charge is 2.22. The summed E-state index contributed by atoms with van der Waals surface area (Å²) < 4.78 is 22.9. The summed E-state index contributed by atoms with van der Waals surface area (Å²) in [5.74, 6) is 1.49. The zero-order chi connectivity index (χ0) is 7.61.